The maximum Gasteiger partial charge on any atom is 0.325 e. The molecule has 2 rings (SSSR count). The number of rotatable bonds is 9. The van der Waals surface area contributed by atoms with Crippen molar-refractivity contribution in [3.05, 3.63) is 67.0 Å². The van der Waals surface area contributed by atoms with Gasteiger partial charge in [-0.05, 0) is 62.4 Å². The van der Waals surface area contributed by atoms with Gasteiger partial charge in [0.05, 0.1) is 4.90 Å². The lowest BCUT2D eigenvalue weighted by Gasteiger charge is -2.28. The Bertz CT molecular complexity index is 952. The molecule has 0 aliphatic rings. The van der Waals surface area contributed by atoms with Gasteiger partial charge in [-0.2, -0.15) is 17.4 Å². The molecule has 156 valence electrons. The molecule has 0 heterocycles. The highest BCUT2D eigenvalue weighted by Crippen LogP contribution is 2.25. The third-order valence-electron chi connectivity index (χ3n) is 3.74. The van der Waals surface area contributed by atoms with Gasteiger partial charge in [0, 0.05) is 4.75 Å². The van der Waals surface area contributed by atoms with Crippen molar-refractivity contribution in [3.63, 3.8) is 0 Å². The van der Waals surface area contributed by atoms with E-state index in [0.717, 1.165) is 0 Å². The monoisotopic (exact) mass is 439 g/mol. The Morgan fingerprint density at radius 3 is 2.17 bits per heavy atom. The summed E-state index contributed by atoms with van der Waals surface area (Å²) in [6.07, 6.45) is 1.38. The predicted molar refractivity (Wildman–Crippen MR) is 111 cm³/mol. The molecule has 0 fully saturated rings. The van der Waals surface area contributed by atoms with Crippen molar-refractivity contribution in [1.29, 1.82) is 0 Å². The minimum absolute atomic E-state index is 0.0453. The highest BCUT2D eigenvalue weighted by molar-refractivity contribution is 7.89. The fraction of sp³-hybridized carbons (Fsp3) is 0.250. The number of carbonyl (C=O) groups excluding carboxylic acids is 1. The number of hydrogen-bond donors (Lipinski definition) is 2. The number of halogens is 1. The van der Waals surface area contributed by atoms with E-state index >= 15 is 0 Å². The number of sulfonamides is 1. The maximum absolute atomic E-state index is 13.0. The first-order valence-electron chi connectivity index (χ1n) is 8.58. The third kappa shape index (κ3) is 6.59. The van der Waals surface area contributed by atoms with Gasteiger partial charge in [0.2, 0.25) is 10.0 Å². The van der Waals surface area contributed by atoms with E-state index in [1.165, 1.54) is 54.6 Å². The molecule has 1 N–H and O–H groups in total. The lowest BCUT2D eigenvalue weighted by atomic mass is 10.0. The Kier molecular flexibility index (Phi) is 7.45. The van der Waals surface area contributed by atoms with Gasteiger partial charge < -0.3 is 9.47 Å². The zero-order valence-electron chi connectivity index (χ0n) is 16.0. The predicted octanol–water partition coefficient (Wildman–Crippen LogP) is 3.70. The molecule has 0 aliphatic heterocycles. The van der Waals surface area contributed by atoms with Crippen molar-refractivity contribution in [2.24, 2.45) is 0 Å². The Morgan fingerprint density at radius 1 is 1.17 bits per heavy atom. The van der Waals surface area contributed by atoms with Crippen molar-refractivity contribution in [3.8, 4) is 11.5 Å². The standard InChI is InChI=1S/C20H22FNO5S2/c1-4-13-26-19(23)18(20(2,3)28)22-29(24,25)17-11-9-16(10-12-17)27-15-7-5-14(21)6-8-15/h4-12,18,22,28H,1,13H2,2-3H3/t18-/m0/s1. The van der Waals surface area contributed by atoms with Crippen LogP contribution in [0.3, 0.4) is 0 Å². The second kappa shape index (κ2) is 9.43. The fourth-order valence-electron chi connectivity index (χ4n) is 2.25. The van der Waals surface area contributed by atoms with Gasteiger partial charge in [-0.1, -0.05) is 12.7 Å². The van der Waals surface area contributed by atoms with Crippen LogP contribution in [0.4, 0.5) is 4.39 Å². The molecule has 0 unspecified atom stereocenters. The number of thiol groups is 1. The Hall–Kier alpha value is -2.36. The normalized spacial score (nSPS) is 12.8. The molecule has 0 amide bonds. The van der Waals surface area contributed by atoms with Crippen LogP contribution in [0.15, 0.2) is 66.1 Å². The molecular weight excluding hydrogens is 417 g/mol. The molecular formula is C20H22FNO5S2. The molecule has 9 heteroatoms. The first kappa shape index (κ1) is 22.9. The molecule has 0 saturated heterocycles. The van der Waals surface area contributed by atoms with Crippen molar-refractivity contribution >= 4 is 28.6 Å². The van der Waals surface area contributed by atoms with Crippen LogP contribution in [-0.4, -0.2) is 31.8 Å². The molecule has 1 atom stereocenters. The zero-order valence-corrected chi connectivity index (χ0v) is 17.7. The number of benzene rings is 2. The topological polar surface area (TPSA) is 81.7 Å². The van der Waals surface area contributed by atoms with Gasteiger partial charge in [-0.25, -0.2) is 12.8 Å². The first-order chi connectivity index (χ1) is 13.5. The van der Waals surface area contributed by atoms with E-state index in [4.69, 9.17) is 9.47 Å². The second-order valence-corrected chi connectivity index (χ2v) is 9.52. The second-order valence-electron chi connectivity index (χ2n) is 6.65. The van der Waals surface area contributed by atoms with Crippen molar-refractivity contribution in [2.75, 3.05) is 6.61 Å². The highest BCUT2D eigenvalue weighted by Gasteiger charge is 2.37. The summed E-state index contributed by atoms with van der Waals surface area (Å²) in [7, 11) is -4.04. The van der Waals surface area contributed by atoms with E-state index in [1.54, 1.807) is 13.8 Å². The van der Waals surface area contributed by atoms with Crippen molar-refractivity contribution < 1.29 is 27.1 Å². The van der Waals surface area contributed by atoms with E-state index in [0.29, 0.717) is 11.5 Å². The van der Waals surface area contributed by atoms with Crippen molar-refractivity contribution in [2.45, 2.75) is 29.5 Å². The zero-order chi connectivity index (χ0) is 21.7. The number of esters is 1. The smallest absolute Gasteiger partial charge is 0.325 e. The summed E-state index contributed by atoms with van der Waals surface area (Å²) >= 11 is 4.31. The third-order valence-corrected chi connectivity index (χ3v) is 5.44. The van der Waals surface area contributed by atoms with Gasteiger partial charge in [-0.3, -0.25) is 4.79 Å². The van der Waals surface area contributed by atoms with Crippen LogP contribution in [0.1, 0.15) is 13.8 Å². The SMILES string of the molecule is C=CCOC(=O)[C@H](NS(=O)(=O)c1ccc(Oc2ccc(F)cc2)cc1)C(C)(C)S. The molecule has 0 aromatic heterocycles. The molecule has 0 bridgehead atoms. The lowest BCUT2D eigenvalue weighted by Crippen LogP contribution is -2.52. The van der Waals surface area contributed by atoms with Gasteiger partial charge >= 0.3 is 5.97 Å². The van der Waals surface area contributed by atoms with Crippen LogP contribution in [0.25, 0.3) is 0 Å². The average molecular weight is 440 g/mol. The number of carbonyl (C=O) groups is 1. The van der Waals surface area contributed by atoms with E-state index in [2.05, 4.69) is 23.9 Å². The highest BCUT2D eigenvalue weighted by atomic mass is 32.2. The van der Waals surface area contributed by atoms with Gasteiger partial charge in [0.15, 0.2) is 0 Å². The van der Waals surface area contributed by atoms with E-state index in [-0.39, 0.29) is 11.5 Å². The van der Waals surface area contributed by atoms with E-state index < -0.39 is 32.6 Å². The van der Waals surface area contributed by atoms with Crippen LogP contribution in [-0.2, 0) is 19.6 Å². The minimum Gasteiger partial charge on any atom is -0.460 e. The molecule has 2 aromatic carbocycles. The number of nitrogens with one attached hydrogen (secondary N) is 1. The number of hydrogen-bond acceptors (Lipinski definition) is 6. The minimum atomic E-state index is -4.04. The summed E-state index contributed by atoms with van der Waals surface area (Å²) in [6.45, 7) is 6.60. The number of ether oxygens (including phenoxy) is 2. The van der Waals surface area contributed by atoms with Crippen LogP contribution in [0, 0.1) is 5.82 Å². The van der Waals surface area contributed by atoms with Crippen LogP contribution in [0.2, 0.25) is 0 Å². The maximum atomic E-state index is 13.0. The van der Waals surface area contributed by atoms with Crippen molar-refractivity contribution in [1.82, 2.24) is 4.72 Å². The molecule has 0 spiro atoms. The summed E-state index contributed by atoms with van der Waals surface area (Å²) in [5.41, 5.74) is 0. The summed E-state index contributed by atoms with van der Waals surface area (Å²) in [4.78, 5) is 12.2. The van der Waals surface area contributed by atoms with Gasteiger partial charge in [-0.15, -0.1) is 0 Å². The van der Waals surface area contributed by atoms with Crippen LogP contribution in [0.5, 0.6) is 11.5 Å². The summed E-state index contributed by atoms with van der Waals surface area (Å²) in [6, 6.07) is 9.77. The molecule has 6 nitrogen and oxygen atoms in total. The Morgan fingerprint density at radius 2 is 1.69 bits per heavy atom. The molecule has 0 saturated carbocycles. The molecule has 0 radical (unpaired) electrons. The largest absolute Gasteiger partial charge is 0.460 e. The summed E-state index contributed by atoms with van der Waals surface area (Å²) in [5, 5.41) is 0. The van der Waals surface area contributed by atoms with Crippen LogP contribution >= 0.6 is 12.6 Å². The van der Waals surface area contributed by atoms with E-state index in [1.807, 2.05) is 0 Å². The fourth-order valence-corrected chi connectivity index (χ4v) is 3.84. The lowest BCUT2D eigenvalue weighted by molar-refractivity contribution is -0.145. The first-order valence-corrected chi connectivity index (χ1v) is 10.5. The molecule has 2 aromatic rings. The summed E-state index contributed by atoms with van der Waals surface area (Å²) in [5.74, 6) is -0.378. The Balaban J connectivity index is 2.17. The molecule has 0 aliphatic carbocycles. The Labute approximate surface area is 175 Å². The molecule has 29 heavy (non-hydrogen) atoms. The average Bonchev–Trinajstić information content (AvgIpc) is 2.65. The van der Waals surface area contributed by atoms with E-state index in [9.17, 15) is 17.6 Å². The quantitative estimate of drug-likeness (QED) is 0.354. The van der Waals surface area contributed by atoms with Crippen LogP contribution < -0.4 is 9.46 Å². The summed E-state index contributed by atoms with van der Waals surface area (Å²) < 4.78 is 50.2. The van der Waals surface area contributed by atoms with Gasteiger partial charge in [0.25, 0.3) is 0 Å². The van der Waals surface area contributed by atoms with Gasteiger partial charge in [0.1, 0.15) is 30.0 Å².